The van der Waals surface area contributed by atoms with Gasteiger partial charge in [0, 0.05) is 38.4 Å². The maximum Gasteiger partial charge on any atom is 0.409 e. The molecule has 2 heterocycles. The monoisotopic (exact) mass is 376 g/mol. The van der Waals surface area contributed by atoms with E-state index in [0.29, 0.717) is 32.2 Å². The third kappa shape index (κ3) is 6.30. The number of nitrogens with zero attached hydrogens (tertiary/aromatic N) is 4. The first-order chi connectivity index (χ1) is 13.1. The Morgan fingerprint density at radius 1 is 1.33 bits per heavy atom. The number of nitrogens with one attached hydrogen (secondary N) is 1. The first-order valence-corrected chi connectivity index (χ1v) is 9.75. The molecule has 27 heavy (non-hydrogen) atoms. The molecule has 0 radical (unpaired) electrons. The molecular weight excluding hydrogens is 344 g/mol. The molecule has 8 heteroatoms. The van der Waals surface area contributed by atoms with Crippen molar-refractivity contribution in [2.45, 2.75) is 46.2 Å². The lowest BCUT2D eigenvalue weighted by Crippen LogP contribution is -2.48. The number of hydrogen-bond acceptors (Lipinski definition) is 5. The molecule has 0 aromatic carbocycles. The lowest BCUT2D eigenvalue weighted by molar-refractivity contribution is 0.0963. The van der Waals surface area contributed by atoms with Gasteiger partial charge in [0.15, 0.2) is 5.96 Å². The van der Waals surface area contributed by atoms with Gasteiger partial charge >= 0.3 is 6.09 Å². The maximum absolute atomic E-state index is 11.7. The van der Waals surface area contributed by atoms with Crippen LogP contribution in [0.4, 0.5) is 10.6 Å². The van der Waals surface area contributed by atoms with Crippen molar-refractivity contribution in [3.8, 4) is 0 Å². The Hall–Kier alpha value is -2.51. The Morgan fingerprint density at radius 2 is 2.04 bits per heavy atom. The predicted molar refractivity (Wildman–Crippen MR) is 108 cm³/mol. The molecule has 0 aliphatic carbocycles. The summed E-state index contributed by atoms with van der Waals surface area (Å²) in [6.07, 6.45) is 3.27. The smallest absolute Gasteiger partial charge is 0.409 e. The second-order valence-electron chi connectivity index (χ2n) is 6.50. The summed E-state index contributed by atoms with van der Waals surface area (Å²) in [5, 5.41) is 3.25. The first-order valence-electron chi connectivity index (χ1n) is 9.75. The molecule has 0 saturated carbocycles. The number of nitrogens with two attached hydrogens (primary N) is 1. The van der Waals surface area contributed by atoms with Crippen molar-refractivity contribution in [2.24, 2.45) is 10.7 Å². The van der Waals surface area contributed by atoms with Gasteiger partial charge in [-0.05, 0) is 45.2 Å². The number of pyridine rings is 1. The topological polar surface area (TPSA) is 96.1 Å². The number of hydrogen-bond donors (Lipinski definition) is 2. The van der Waals surface area contributed by atoms with E-state index in [0.717, 1.165) is 37.3 Å². The van der Waals surface area contributed by atoms with Crippen molar-refractivity contribution in [2.75, 3.05) is 37.7 Å². The van der Waals surface area contributed by atoms with Gasteiger partial charge in [-0.1, -0.05) is 6.07 Å². The summed E-state index contributed by atoms with van der Waals surface area (Å²) in [6.45, 7) is 10.2. The number of rotatable bonds is 7. The summed E-state index contributed by atoms with van der Waals surface area (Å²) >= 11 is 0. The molecular formula is C19H32N6O2. The second kappa shape index (κ2) is 10.6. The fraction of sp³-hybridized carbons (Fsp3) is 0.632. The largest absolute Gasteiger partial charge is 0.450 e. The zero-order valence-electron chi connectivity index (χ0n) is 16.6. The Bertz CT molecular complexity index is 607. The summed E-state index contributed by atoms with van der Waals surface area (Å²) in [6, 6.07) is 4.28. The van der Waals surface area contributed by atoms with Crippen LogP contribution in [0.5, 0.6) is 0 Å². The third-order valence-corrected chi connectivity index (χ3v) is 4.70. The van der Waals surface area contributed by atoms with Crippen LogP contribution in [0.1, 0.15) is 39.2 Å². The molecule has 0 spiro atoms. The van der Waals surface area contributed by atoms with Gasteiger partial charge < -0.3 is 25.6 Å². The average Bonchev–Trinajstić information content (AvgIpc) is 2.69. The molecule has 0 unspecified atom stereocenters. The molecule has 1 aliphatic heterocycles. The molecule has 1 amide bonds. The van der Waals surface area contributed by atoms with Gasteiger partial charge in [0.05, 0.1) is 13.2 Å². The fourth-order valence-electron chi connectivity index (χ4n) is 3.10. The molecule has 2 rings (SSSR count). The number of anilines is 1. The van der Waals surface area contributed by atoms with Crippen molar-refractivity contribution >= 4 is 17.9 Å². The van der Waals surface area contributed by atoms with Crippen LogP contribution in [0, 0.1) is 0 Å². The van der Waals surface area contributed by atoms with E-state index in [1.807, 2.05) is 25.3 Å². The quantitative estimate of drug-likeness (QED) is 0.558. The van der Waals surface area contributed by atoms with Crippen LogP contribution in [0.25, 0.3) is 0 Å². The highest BCUT2D eigenvalue weighted by molar-refractivity contribution is 5.78. The molecule has 8 nitrogen and oxygen atoms in total. The van der Waals surface area contributed by atoms with Gasteiger partial charge in [0.2, 0.25) is 0 Å². The van der Waals surface area contributed by atoms with Gasteiger partial charge in [-0.15, -0.1) is 0 Å². The second-order valence-corrected chi connectivity index (χ2v) is 6.50. The highest BCUT2D eigenvalue weighted by Crippen LogP contribution is 2.13. The Labute approximate surface area is 161 Å². The van der Waals surface area contributed by atoms with E-state index >= 15 is 0 Å². The van der Waals surface area contributed by atoms with Gasteiger partial charge in [-0.3, -0.25) is 0 Å². The summed E-state index contributed by atoms with van der Waals surface area (Å²) in [5.74, 6) is 1.41. The van der Waals surface area contributed by atoms with Crippen molar-refractivity contribution in [1.82, 2.24) is 15.2 Å². The van der Waals surface area contributed by atoms with E-state index in [-0.39, 0.29) is 12.1 Å². The molecule has 1 aromatic rings. The number of ether oxygens (including phenoxy) is 1. The number of likely N-dealkylation sites (tertiary alicyclic amines) is 1. The fourth-order valence-corrected chi connectivity index (χ4v) is 3.10. The van der Waals surface area contributed by atoms with Crippen LogP contribution < -0.4 is 16.0 Å². The van der Waals surface area contributed by atoms with Crippen LogP contribution >= 0.6 is 0 Å². The summed E-state index contributed by atoms with van der Waals surface area (Å²) in [4.78, 5) is 24.6. The van der Waals surface area contributed by atoms with Gasteiger partial charge in [0.1, 0.15) is 5.82 Å². The van der Waals surface area contributed by atoms with E-state index in [1.165, 1.54) is 0 Å². The number of amides is 1. The van der Waals surface area contributed by atoms with Crippen LogP contribution in [0.3, 0.4) is 0 Å². The maximum atomic E-state index is 11.7. The number of aliphatic imine (C=N–C) groups is 1. The van der Waals surface area contributed by atoms with E-state index in [2.05, 4.69) is 34.0 Å². The number of piperidine rings is 1. The van der Waals surface area contributed by atoms with Gasteiger partial charge in [-0.2, -0.15) is 0 Å². The van der Waals surface area contributed by atoms with E-state index in [4.69, 9.17) is 10.5 Å². The van der Waals surface area contributed by atoms with E-state index in [9.17, 15) is 4.79 Å². The van der Waals surface area contributed by atoms with E-state index < -0.39 is 0 Å². The zero-order chi connectivity index (χ0) is 19.6. The summed E-state index contributed by atoms with van der Waals surface area (Å²) in [5.41, 5.74) is 7.04. The summed E-state index contributed by atoms with van der Waals surface area (Å²) in [7, 11) is 0. The number of carbonyl (C=O) groups excluding carboxylic acids is 1. The van der Waals surface area contributed by atoms with Crippen LogP contribution in [0.2, 0.25) is 0 Å². The number of guanidine groups is 1. The minimum atomic E-state index is -0.238. The lowest BCUT2D eigenvalue weighted by atomic mass is 10.1. The number of carbonyl (C=O) groups is 1. The minimum Gasteiger partial charge on any atom is -0.450 e. The minimum absolute atomic E-state index is 0.225. The number of aromatic nitrogens is 1. The average molecular weight is 377 g/mol. The molecule has 1 saturated heterocycles. The summed E-state index contributed by atoms with van der Waals surface area (Å²) < 4.78 is 5.03. The Kier molecular flexibility index (Phi) is 8.16. The lowest BCUT2D eigenvalue weighted by Gasteiger charge is -2.31. The zero-order valence-corrected chi connectivity index (χ0v) is 16.6. The van der Waals surface area contributed by atoms with Crippen molar-refractivity contribution in [1.29, 1.82) is 0 Å². The molecule has 1 aromatic heterocycles. The predicted octanol–water partition coefficient (Wildman–Crippen LogP) is 1.95. The highest BCUT2D eigenvalue weighted by Gasteiger charge is 2.23. The third-order valence-electron chi connectivity index (χ3n) is 4.70. The van der Waals surface area contributed by atoms with Crippen LogP contribution in [0.15, 0.2) is 23.3 Å². The first kappa shape index (κ1) is 20.8. The normalized spacial score (nSPS) is 15.5. The standard InChI is InChI=1S/C19H32N6O2/c1-4-24(5-2)17-8-7-15(13-21-17)14-22-18(20)23-16-9-11-25(12-10-16)19(26)27-6-3/h7-8,13,16H,4-6,9-12,14H2,1-3H3,(H3,20,22,23). The van der Waals surface area contributed by atoms with Gasteiger partial charge in [-0.25, -0.2) is 14.8 Å². The van der Waals surface area contributed by atoms with Crippen molar-refractivity contribution < 1.29 is 9.53 Å². The molecule has 1 aliphatic rings. The highest BCUT2D eigenvalue weighted by atomic mass is 16.6. The molecule has 150 valence electrons. The van der Waals surface area contributed by atoms with Gasteiger partial charge in [0.25, 0.3) is 0 Å². The van der Waals surface area contributed by atoms with Crippen LogP contribution in [-0.4, -0.2) is 60.8 Å². The van der Waals surface area contributed by atoms with Crippen LogP contribution in [-0.2, 0) is 11.3 Å². The molecule has 0 bridgehead atoms. The Balaban J connectivity index is 1.79. The molecule has 1 fully saturated rings. The molecule has 3 N–H and O–H groups in total. The van der Waals surface area contributed by atoms with E-state index in [1.54, 1.807) is 4.90 Å². The Morgan fingerprint density at radius 3 is 2.59 bits per heavy atom. The molecule has 0 atom stereocenters. The van der Waals surface area contributed by atoms with Crippen molar-refractivity contribution in [3.63, 3.8) is 0 Å². The van der Waals surface area contributed by atoms with Crippen molar-refractivity contribution in [3.05, 3.63) is 23.9 Å². The SMILES string of the molecule is CCOC(=O)N1CCC(NC(N)=NCc2ccc(N(CC)CC)nc2)CC1.